The van der Waals surface area contributed by atoms with Crippen molar-refractivity contribution in [3.05, 3.63) is 47.8 Å². The van der Waals surface area contributed by atoms with E-state index < -0.39 is 0 Å². The summed E-state index contributed by atoms with van der Waals surface area (Å²) in [6.07, 6.45) is 2.88. The van der Waals surface area contributed by atoms with Gasteiger partial charge < -0.3 is 18.9 Å². The Balaban J connectivity index is 2.28. The van der Waals surface area contributed by atoms with Gasteiger partial charge in [-0.3, -0.25) is 4.79 Å². The van der Waals surface area contributed by atoms with E-state index in [0.717, 1.165) is 12.1 Å². The van der Waals surface area contributed by atoms with Crippen LogP contribution in [0.1, 0.15) is 29.4 Å². The van der Waals surface area contributed by atoms with Gasteiger partial charge in [-0.15, -0.1) is 0 Å². The van der Waals surface area contributed by atoms with Crippen molar-refractivity contribution < 1.29 is 14.3 Å². The molecule has 5 nitrogen and oxygen atoms in total. The number of hydrogen-bond donors (Lipinski definition) is 0. The maximum Gasteiger partial charge on any atom is 0.257 e. The molecule has 2 rings (SSSR count). The Bertz CT molecular complexity index is 664. The largest absolute Gasteiger partial charge is 0.497 e. The van der Waals surface area contributed by atoms with E-state index in [2.05, 4.69) is 6.92 Å². The minimum Gasteiger partial charge on any atom is -0.497 e. The predicted molar refractivity (Wildman–Crippen MR) is 90.0 cm³/mol. The highest BCUT2D eigenvalue weighted by Gasteiger charge is 2.20. The van der Waals surface area contributed by atoms with E-state index in [-0.39, 0.29) is 5.91 Å². The summed E-state index contributed by atoms with van der Waals surface area (Å²) in [5.41, 5.74) is 1.65. The molecule has 1 aromatic heterocycles. The highest BCUT2D eigenvalue weighted by molar-refractivity contribution is 5.97. The van der Waals surface area contributed by atoms with Gasteiger partial charge in [-0.1, -0.05) is 6.92 Å². The number of carbonyl (C=O) groups is 1. The van der Waals surface area contributed by atoms with Crippen molar-refractivity contribution in [1.29, 1.82) is 0 Å². The molecule has 1 aromatic carbocycles. The van der Waals surface area contributed by atoms with E-state index in [0.29, 0.717) is 30.2 Å². The van der Waals surface area contributed by atoms with Crippen molar-refractivity contribution in [2.24, 2.45) is 7.05 Å². The molecule has 0 fully saturated rings. The van der Waals surface area contributed by atoms with Gasteiger partial charge in [0.25, 0.3) is 5.91 Å². The zero-order chi connectivity index (χ0) is 16.8. The maximum absolute atomic E-state index is 12.9. The third-order valence-electron chi connectivity index (χ3n) is 3.82. The molecule has 5 heteroatoms. The lowest BCUT2D eigenvalue weighted by Gasteiger charge is -2.23. The van der Waals surface area contributed by atoms with Crippen LogP contribution in [-0.2, 0) is 13.6 Å². The highest BCUT2D eigenvalue weighted by atomic mass is 16.5. The zero-order valence-corrected chi connectivity index (χ0v) is 14.2. The molecule has 0 bridgehead atoms. The van der Waals surface area contributed by atoms with Gasteiger partial charge in [0.15, 0.2) is 0 Å². The second-order valence-corrected chi connectivity index (χ2v) is 5.40. The first kappa shape index (κ1) is 16.9. The maximum atomic E-state index is 12.9. The van der Waals surface area contributed by atoms with Crippen molar-refractivity contribution in [3.63, 3.8) is 0 Å². The number of nitrogens with zero attached hydrogens (tertiary/aromatic N) is 2. The molecule has 23 heavy (non-hydrogen) atoms. The average Bonchev–Trinajstić information content (AvgIpc) is 2.98. The lowest BCUT2D eigenvalue weighted by Crippen LogP contribution is -2.32. The van der Waals surface area contributed by atoms with Crippen LogP contribution in [0.25, 0.3) is 0 Å². The number of aromatic nitrogens is 1. The first-order valence-corrected chi connectivity index (χ1v) is 7.72. The molecule has 0 aliphatic heterocycles. The van der Waals surface area contributed by atoms with Gasteiger partial charge in [0.05, 0.1) is 26.3 Å². The number of methoxy groups -OCH3 is 2. The Morgan fingerprint density at radius 1 is 1.22 bits per heavy atom. The van der Waals surface area contributed by atoms with Crippen LogP contribution in [0, 0.1) is 0 Å². The molecule has 0 unspecified atom stereocenters. The first-order chi connectivity index (χ1) is 11.1. The van der Waals surface area contributed by atoms with Crippen LogP contribution in [0.15, 0.2) is 36.5 Å². The van der Waals surface area contributed by atoms with Gasteiger partial charge in [0, 0.05) is 31.5 Å². The van der Waals surface area contributed by atoms with Crippen LogP contribution >= 0.6 is 0 Å². The summed E-state index contributed by atoms with van der Waals surface area (Å²) in [6.45, 7) is 3.33. The van der Waals surface area contributed by atoms with Gasteiger partial charge in [-0.2, -0.15) is 0 Å². The van der Waals surface area contributed by atoms with E-state index >= 15 is 0 Å². The van der Waals surface area contributed by atoms with E-state index in [9.17, 15) is 4.79 Å². The van der Waals surface area contributed by atoms with E-state index in [1.54, 1.807) is 32.4 Å². The molecule has 0 saturated heterocycles. The second kappa shape index (κ2) is 7.72. The SMILES string of the molecule is CCCN(Cc1cccn1C)C(=O)c1ccc(OC)cc1OC. The summed E-state index contributed by atoms with van der Waals surface area (Å²) in [5, 5.41) is 0. The predicted octanol–water partition coefficient (Wildman–Crippen LogP) is 3.09. The lowest BCUT2D eigenvalue weighted by atomic mass is 10.1. The van der Waals surface area contributed by atoms with E-state index in [4.69, 9.17) is 9.47 Å². The van der Waals surface area contributed by atoms with Gasteiger partial charge in [0.2, 0.25) is 0 Å². The van der Waals surface area contributed by atoms with E-state index in [1.165, 1.54) is 0 Å². The van der Waals surface area contributed by atoms with Crippen LogP contribution in [0.5, 0.6) is 11.5 Å². The molecular formula is C18H24N2O3. The fourth-order valence-electron chi connectivity index (χ4n) is 2.52. The van der Waals surface area contributed by atoms with Gasteiger partial charge in [0.1, 0.15) is 11.5 Å². The van der Waals surface area contributed by atoms with Crippen LogP contribution in [0.4, 0.5) is 0 Å². The summed E-state index contributed by atoms with van der Waals surface area (Å²) in [4.78, 5) is 14.8. The highest BCUT2D eigenvalue weighted by Crippen LogP contribution is 2.26. The zero-order valence-electron chi connectivity index (χ0n) is 14.2. The Morgan fingerprint density at radius 2 is 2.00 bits per heavy atom. The molecule has 1 heterocycles. The fourth-order valence-corrected chi connectivity index (χ4v) is 2.52. The van der Waals surface area contributed by atoms with Crippen molar-refractivity contribution >= 4 is 5.91 Å². The molecule has 0 N–H and O–H groups in total. The van der Waals surface area contributed by atoms with Gasteiger partial charge in [-0.25, -0.2) is 0 Å². The first-order valence-electron chi connectivity index (χ1n) is 7.72. The van der Waals surface area contributed by atoms with Gasteiger partial charge in [-0.05, 0) is 30.7 Å². The molecule has 0 saturated carbocycles. The number of carbonyl (C=O) groups excluding carboxylic acids is 1. The number of ether oxygens (including phenoxy) is 2. The van der Waals surface area contributed by atoms with Crippen molar-refractivity contribution in [3.8, 4) is 11.5 Å². The molecule has 2 aromatic rings. The molecule has 1 amide bonds. The van der Waals surface area contributed by atoms with Crippen LogP contribution in [0.3, 0.4) is 0 Å². The minimum atomic E-state index is -0.0347. The smallest absolute Gasteiger partial charge is 0.257 e. The minimum absolute atomic E-state index is 0.0347. The summed E-state index contributed by atoms with van der Waals surface area (Å²) < 4.78 is 12.6. The quantitative estimate of drug-likeness (QED) is 0.788. The third-order valence-corrected chi connectivity index (χ3v) is 3.82. The summed E-state index contributed by atoms with van der Waals surface area (Å²) in [7, 11) is 5.14. The molecular weight excluding hydrogens is 292 g/mol. The van der Waals surface area contributed by atoms with Crippen molar-refractivity contribution in [2.45, 2.75) is 19.9 Å². The Kier molecular flexibility index (Phi) is 5.68. The summed E-state index contributed by atoms with van der Waals surface area (Å²) in [5.74, 6) is 1.16. The fraction of sp³-hybridized carbons (Fsp3) is 0.389. The molecule has 0 spiro atoms. The number of benzene rings is 1. The Labute approximate surface area is 137 Å². The molecule has 124 valence electrons. The van der Waals surface area contributed by atoms with Crippen molar-refractivity contribution in [2.75, 3.05) is 20.8 Å². The Morgan fingerprint density at radius 3 is 2.57 bits per heavy atom. The number of aryl methyl sites for hydroxylation is 1. The summed E-state index contributed by atoms with van der Waals surface area (Å²) >= 11 is 0. The topological polar surface area (TPSA) is 43.7 Å². The monoisotopic (exact) mass is 316 g/mol. The second-order valence-electron chi connectivity index (χ2n) is 5.40. The molecule has 0 atom stereocenters. The molecule has 0 radical (unpaired) electrons. The van der Waals surface area contributed by atoms with Crippen LogP contribution < -0.4 is 9.47 Å². The van der Waals surface area contributed by atoms with E-state index in [1.807, 2.05) is 34.8 Å². The standard InChI is InChI=1S/C18H24N2O3/c1-5-10-20(13-14-7-6-11-19(14)2)18(21)16-9-8-15(22-3)12-17(16)23-4/h6-9,11-12H,5,10,13H2,1-4H3. The number of amides is 1. The number of hydrogen-bond acceptors (Lipinski definition) is 3. The van der Waals surface area contributed by atoms with Crippen LogP contribution in [0.2, 0.25) is 0 Å². The molecule has 0 aliphatic rings. The third kappa shape index (κ3) is 3.86. The van der Waals surface area contributed by atoms with Crippen LogP contribution in [-0.4, -0.2) is 36.1 Å². The average molecular weight is 316 g/mol. The van der Waals surface area contributed by atoms with Crippen molar-refractivity contribution in [1.82, 2.24) is 9.47 Å². The summed E-state index contributed by atoms with van der Waals surface area (Å²) in [6, 6.07) is 9.29. The number of rotatable bonds is 7. The van der Waals surface area contributed by atoms with Gasteiger partial charge >= 0.3 is 0 Å². The molecule has 0 aliphatic carbocycles. The normalized spacial score (nSPS) is 10.4. The Hall–Kier alpha value is -2.43. The lowest BCUT2D eigenvalue weighted by molar-refractivity contribution is 0.0736.